The molecule has 2 aliphatic rings. The van der Waals surface area contributed by atoms with Gasteiger partial charge in [0, 0.05) is 32.1 Å². The fraction of sp³-hybridized carbons (Fsp3) is 0.556. The summed E-state index contributed by atoms with van der Waals surface area (Å²) in [4.78, 5) is 34.2. The van der Waals surface area contributed by atoms with Crippen molar-refractivity contribution in [1.82, 2.24) is 29.1 Å². The van der Waals surface area contributed by atoms with Crippen LogP contribution in [0.5, 0.6) is 0 Å². The van der Waals surface area contributed by atoms with Crippen molar-refractivity contribution in [2.24, 2.45) is 11.8 Å². The van der Waals surface area contributed by atoms with Gasteiger partial charge in [-0.05, 0) is 56.3 Å². The Morgan fingerprint density at radius 1 is 1.19 bits per heavy atom. The third kappa shape index (κ3) is 5.22. The molecule has 1 saturated heterocycles. The highest BCUT2D eigenvalue weighted by Gasteiger charge is 2.39. The van der Waals surface area contributed by atoms with Gasteiger partial charge in [-0.2, -0.15) is 5.10 Å². The summed E-state index contributed by atoms with van der Waals surface area (Å²) in [6.07, 6.45) is 5.91. The molecular weight excluding hydrogens is 456 g/mol. The van der Waals surface area contributed by atoms with Crippen molar-refractivity contribution < 1.29 is 9.90 Å². The highest BCUT2D eigenvalue weighted by atomic mass is 16.3. The van der Waals surface area contributed by atoms with Crippen LogP contribution in [0.25, 0.3) is 16.7 Å². The largest absolute Gasteiger partial charge is 0.388 e. The maximum absolute atomic E-state index is 13.2. The van der Waals surface area contributed by atoms with Gasteiger partial charge in [-0.3, -0.25) is 14.2 Å². The lowest BCUT2D eigenvalue weighted by Crippen LogP contribution is -2.50. The molecule has 3 aromatic rings. The van der Waals surface area contributed by atoms with Crippen LogP contribution in [0.1, 0.15) is 45.1 Å². The molecule has 1 saturated carbocycles. The van der Waals surface area contributed by atoms with Gasteiger partial charge < -0.3 is 14.9 Å². The van der Waals surface area contributed by atoms with Gasteiger partial charge in [-0.15, -0.1) is 0 Å². The topological polar surface area (TPSA) is 96.5 Å². The number of piperidine rings is 1. The zero-order chi connectivity index (χ0) is 25.4. The Kier molecular flexibility index (Phi) is 6.70. The molecule has 1 amide bonds. The number of rotatable bonds is 8. The van der Waals surface area contributed by atoms with E-state index < -0.39 is 5.60 Å². The van der Waals surface area contributed by atoms with Gasteiger partial charge in [-0.25, -0.2) is 9.67 Å². The number of carbonyl (C=O) groups is 1. The number of aliphatic hydroxyl groups is 1. The summed E-state index contributed by atoms with van der Waals surface area (Å²) in [5, 5.41) is 16.0. The summed E-state index contributed by atoms with van der Waals surface area (Å²) in [6.45, 7) is 7.54. The van der Waals surface area contributed by atoms with E-state index in [-0.39, 0.29) is 23.9 Å². The maximum Gasteiger partial charge on any atom is 0.264 e. The molecule has 9 heteroatoms. The zero-order valence-corrected chi connectivity index (χ0v) is 21.4. The maximum atomic E-state index is 13.2. The van der Waals surface area contributed by atoms with Crippen LogP contribution in [-0.2, 0) is 17.9 Å². The molecule has 0 atom stereocenters. The Labute approximate surface area is 211 Å². The van der Waals surface area contributed by atoms with Crippen molar-refractivity contribution in [1.29, 1.82) is 0 Å². The molecule has 9 nitrogen and oxygen atoms in total. The third-order valence-electron chi connectivity index (χ3n) is 7.26. The van der Waals surface area contributed by atoms with Crippen LogP contribution in [0.2, 0.25) is 0 Å². The zero-order valence-electron chi connectivity index (χ0n) is 21.4. The first-order chi connectivity index (χ1) is 17.2. The molecule has 1 aliphatic carbocycles. The van der Waals surface area contributed by atoms with Crippen LogP contribution < -0.4 is 5.56 Å². The fourth-order valence-corrected chi connectivity index (χ4v) is 5.20. The normalized spacial score (nSPS) is 17.9. The van der Waals surface area contributed by atoms with Crippen molar-refractivity contribution in [3.05, 3.63) is 52.7 Å². The van der Waals surface area contributed by atoms with E-state index in [1.165, 1.54) is 16.5 Å². The first-order valence-corrected chi connectivity index (χ1v) is 12.9. The molecule has 1 aliphatic heterocycles. The van der Waals surface area contributed by atoms with Gasteiger partial charge in [0.1, 0.15) is 11.7 Å². The molecule has 0 unspecified atom stereocenters. The van der Waals surface area contributed by atoms with Crippen LogP contribution in [-0.4, -0.2) is 72.4 Å². The van der Waals surface area contributed by atoms with Crippen LogP contribution >= 0.6 is 0 Å². The summed E-state index contributed by atoms with van der Waals surface area (Å²) in [5.41, 5.74) is 1.30. The number of nitrogens with zero attached hydrogens (tertiary/aromatic N) is 6. The van der Waals surface area contributed by atoms with Crippen molar-refractivity contribution in [3.63, 3.8) is 0 Å². The molecule has 5 rings (SSSR count). The summed E-state index contributed by atoms with van der Waals surface area (Å²) < 4.78 is 3.15. The van der Waals surface area contributed by atoms with Gasteiger partial charge in [0.2, 0.25) is 5.91 Å². The van der Waals surface area contributed by atoms with Crippen molar-refractivity contribution >= 4 is 16.9 Å². The number of benzene rings is 1. The molecule has 0 bridgehead atoms. The first-order valence-electron chi connectivity index (χ1n) is 12.9. The number of aromatic nitrogens is 4. The predicted octanol–water partition coefficient (Wildman–Crippen LogP) is 2.43. The number of amides is 1. The first kappa shape index (κ1) is 24.6. The van der Waals surface area contributed by atoms with Crippen molar-refractivity contribution in [3.8, 4) is 5.69 Å². The van der Waals surface area contributed by atoms with Crippen molar-refractivity contribution in [2.45, 2.75) is 58.2 Å². The van der Waals surface area contributed by atoms with Gasteiger partial charge >= 0.3 is 0 Å². The lowest BCUT2D eigenvalue weighted by Gasteiger charge is -2.38. The average Bonchev–Trinajstić information content (AvgIpc) is 3.60. The van der Waals surface area contributed by atoms with Crippen LogP contribution in [0.15, 0.2) is 41.6 Å². The number of carbonyl (C=O) groups excluding carboxylic acids is 1. The second kappa shape index (κ2) is 9.78. The van der Waals surface area contributed by atoms with Crippen LogP contribution in [0.4, 0.5) is 0 Å². The Morgan fingerprint density at radius 2 is 1.89 bits per heavy atom. The Hall–Kier alpha value is -3.04. The van der Waals surface area contributed by atoms with E-state index in [1.807, 2.05) is 17.0 Å². The molecule has 1 aromatic carbocycles. The second-order valence-electron chi connectivity index (χ2n) is 11.1. The van der Waals surface area contributed by atoms with E-state index in [9.17, 15) is 14.7 Å². The van der Waals surface area contributed by atoms with Gasteiger partial charge in [-0.1, -0.05) is 26.0 Å². The molecule has 2 aromatic heterocycles. The second-order valence-corrected chi connectivity index (χ2v) is 11.1. The monoisotopic (exact) mass is 492 g/mol. The Morgan fingerprint density at radius 3 is 2.53 bits per heavy atom. The summed E-state index contributed by atoms with van der Waals surface area (Å²) in [6, 6.07) is 8.16. The Balaban J connectivity index is 1.29. The number of fused-ring (bicyclic) bond motifs is 1. The highest BCUT2D eigenvalue weighted by molar-refractivity contribution is 5.81. The molecule has 2 fully saturated rings. The minimum Gasteiger partial charge on any atom is -0.388 e. The summed E-state index contributed by atoms with van der Waals surface area (Å²) in [5.74, 6) is 1.01. The number of hydrogen-bond donors (Lipinski definition) is 1. The lowest BCUT2D eigenvalue weighted by molar-refractivity contribution is -0.137. The van der Waals surface area contributed by atoms with Gasteiger partial charge in [0.15, 0.2) is 5.65 Å². The quantitative estimate of drug-likeness (QED) is 0.519. The average molecular weight is 493 g/mol. The number of hydrogen-bond acceptors (Lipinski definition) is 6. The molecular formula is C27H36N6O3. The molecule has 36 heavy (non-hydrogen) atoms. The number of likely N-dealkylation sites (tertiary alicyclic amines) is 1. The molecule has 1 N–H and O–H groups in total. The van der Waals surface area contributed by atoms with E-state index in [0.29, 0.717) is 42.9 Å². The fourth-order valence-electron chi connectivity index (χ4n) is 5.20. The minimum absolute atomic E-state index is 0.157. The van der Waals surface area contributed by atoms with Crippen LogP contribution in [0.3, 0.4) is 0 Å². The van der Waals surface area contributed by atoms with Crippen molar-refractivity contribution in [2.75, 3.05) is 26.7 Å². The van der Waals surface area contributed by atoms with E-state index in [2.05, 4.69) is 48.0 Å². The van der Waals surface area contributed by atoms with E-state index in [0.717, 1.165) is 31.6 Å². The smallest absolute Gasteiger partial charge is 0.264 e. The Bertz CT molecular complexity index is 1280. The highest BCUT2D eigenvalue weighted by Crippen LogP contribution is 2.33. The third-order valence-corrected chi connectivity index (χ3v) is 7.26. The van der Waals surface area contributed by atoms with Crippen LogP contribution in [0, 0.1) is 11.8 Å². The van der Waals surface area contributed by atoms with Gasteiger partial charge in [0.25, 0.3) is 5.56 Å². The molecule has 3 heterocycles. The summed E-state index contributed by atoms with van der Waals surface area (Å²) in [7, 11) is 2.12. The van der Waals surface area contributed by atoms with Gasteiger partial charge in [0.05, 0.1) is 24.0 Å². The molecule has 0 spiro atoms. The minimum atomic E-state index is -1.03. The summed E-state index contributed by atoms with van der Waals surface area (Å²) >= 11 is 0. The van der Waals surface area contributed by atoms with E-state index in [1.54, 1.807) is 10.9 Å². The lowest BCUT2D eigenvalue weighted by atomic mass is 9.91. The standard InChI is InChI=1S/C27H36N6O3/c1-19(2)15-30(3)16-20-4-8-22(9-5-20)33-24-23(14-29-33)26(35)32(18-28-24)17-27(36)10-12-31(13-11-27)25(34)21-6-7-21/h4-5,8-9,14,18-19,21,36H,6-7,10-13,15-17H2,1-3H3. The van der Waals surface area contributed by atoms with E-state index in [4.69, 9.17) is 0 Å². The van der Waals surface area contributed by atoms with E-state index >= 15 is 0 Å². The molecule has 192 valence electrons. The predicted molar refractivity (Wildman–Crippen MR) is 138 cm³/mol. The molecule has 0 radical (unpaired) electrons. The SMILES string of the molecule is CC(C)CN(C)Cc1ccc(-n2ncc3c(=O)n(CC4(O)CCN(C(=O)C5CC5)CC4)cnc32)cc1.